The van der Waals surface area contributed by atoms with E-state index in [0.29, 0.717) is 9.39 Å². The van der Waals surface area contributed by atoms with Crippen molar-refractivity contribution in [3.63, 3.8) is 0 Å². The summed E-state index contributed by atoms with van der Waals surface area (Å²) in [5, 5.41) is 10.1. The van der Waals surface area contributed by atoms with Crippen molar-refractivity contribution >= 4 is 34.6 Å². The fourth-order valence-electron chi connectivity index (χ4n) is 1.07. The molecule has 0 aliphatic carbocycles. The summed E-state index contributed by atoms with van der Waals surface area (Å²) in [5.74, 6) is -1.19. The van der Waals surface area contributed by atoms with Crippen molar-refractivity contribution in [1.29, 1.82) is 0 Å². The fraction of sp³-hybridized carbons (Fsp3) is 0. The third-order valence-electron chi connectivity index (χ3n) is 1.81. The number of halogens is 3. The quantitative estimate of drug-likeness (QED) is 0.386. The maximum atomic E-state index is 13.3. The van der Waals surface area contributed by atoms with Crippen LogP contribution in [0.5, 0.6) is 0 Å². The number of anilines is 1. The second kappa shape index (κ2) is 5.17. The Morgan fingerprint density at radius 1 is 1.47 bits per heavy atom. The number of rotatable bonds is 3. The molecule has 0 aliphatic rings. The smallest absolute Gasteiger partial charge is 0.225 e. The first kappa shape index (κ1) is 11.9. The number of nitrogens with zero attached hydrogens (tertiary/aromatic N) is 3. The predicted molar refractivity (Wildman–Crippen MR) is 66.7 cm³/mol. The van der Waals surface area contributed by atoms with Gasteiger partial charge in [0.2, 0.25) is 11.9 Å². The maximum Gasteiger partial charge on any atom is 0.225 e. The van der Waals surface area contributed by atoms with Crippen molar-refractivity contribution < 1.29 is 8.78 Å². The molecular formula is C9H6F2IN5. The van der Waals surface area contributed by atoms with Crippen LogP contribution in [0.1, 0.15) is 5.56 Å². The molecule has 5 nitrogen and oxygen atoms in total. The molecule has 0 aliphatic heterocycles. The summed E-state index contributed by atoms with van der Waals surface area (Å²) >= 11 is 1.81. The Morgan fingerprint density at radius 3 is 2.94 bits per heavy atom. The Bertz CT molecular complexity index is 517. The number of pyridine rings is 1. The van der Waals surface area contributed by atoms with Gasteiger partial charge in [0.15, 0.2) is 0 Å². The third kappa shape index (κ3) is 2.96. The van der Waals surface area contributed by atoms with Crippen LogP contribution in [-0.2, 0) is 0 Å². The van der Waals surface area contributed by atoms with E-state index in [1.165, 1.54) is 6.21 Å². The van der Waals surface area contributed by atoms with Gasteiger partial charge in [0.05, 0.1) is 18.0 Å². The minimum atomic E-state index is -0.899. The Balaban J connectivity index is 2.16. The SMILES string of the molecule is Fc1cc(I)c(C=NNc2ccn[nH]2)c(F)n1. The Morgan fingerprint density at radius 2 is 2.29 bits per heavy atom. The van der Waals surface area contributed by atoms with Gasteiger partial charge in [-0.3, -0.25) is 10.5 Å². The Kier molecular flexibility index (Phi) is 3.61. The zero-order valence-corrected chi connectivity index (χ0v) is 10.4. The average molecular weight is 349 g/mol. The van der Waals surface area contributed by atoms with E-state index in [1.807, 2.05) is 0 Å². The van der Waals surface area contributed by atoms with Crippen LogP contribution >= 0.6 is 22.6 Å². The lowest BCUT2D eigenvalue weighted by atomic mass is 10.3. The highest BCUT2D eigenvalue weighted by Crippen LogP contribution is 2.13. The molecule has 88 valence electrons. The van der Waals surface area contributed by atoms with E-state index in [9.17, 15) is 8.78 Å². The standard InChI is InChI=1S/C9H6F2IN5/c10-7-3-6(12)5(9(11)15-7)4-14-17-8-1-2-13-16-8/h1-4H,(H2,13,16,17). The topological polar surface area (TPSA) is 66.0 Å². The van der Waals surface area contributed by atoms with Crippen molar-refractivity contribution in [2.75, 3.05) is 5.43 Å². The van der Waals surface area contributed by atoms with E-state index >= 15 is 0 Å². The normalized spacial score (nSPS) is 11.0. The zero-order valence-electron chi connectivity index (χ0n) is 8.28. The molecule has 0 aromatic carbocycles. The van der Waals surface area contributed by atoms with Crippen LogP contribution in [0.25, 0.3) is 0 Å². The summed E-state index contributed by atoms with van der Waals surface area (Å²) in [7, 11) is 0. The number of nitrogens with one attached hydrogen (secondary N) is 2. The van der Waals surface area contributed by atoms with Crippen LogP contribution in [0.2, 0.25) is 0 Å². The molecule has 0 saturated carbocycles. The number of H-pyrrole nitrogens is 1. The molecule has 17 heavy (non-hydrogen) atoms. The molecule has 0 fully saturated rings. The third-order valence-corrected chi connectivity index (χ3v) is 2.70. The van der Waals surface area contributed by atoms with E-state index in [4.69, 9.17) is 0 Å². The number of aromatic nitrogens is 3. The van der Waals surface area contributed by atoms with Gasteiger partial charge >= 0.3 is 0 Å². The van der Waals surface area contributed by atoms with Gasteiger partial charge < -0.3 is 0 Å². The van der Waals surface area contributed by atoms with Gasteiger partial charge in [-0.05, 0) is 22.6 Å². The number of hydrogen-bond donors (Lipinski definition) is 2. The molecule has 2 aromatic heterocycles. The molecule has 0 bridgehead atoms. The number of hydrazone groups is 1. The second-order valence-electron chi connectivity index (χ2n) is 2.97. The fourth-order valence-corrected chi connectivity index (χ4v) is 1.69. The molecule has 0 saturated heterocycles. The molecule has 8 heteroatoms. The lowest BCUT2D eigenvalue weighted by molar-refractivity contribution is 0.510. The lowest BCUT2D eigenvalue weighted by Crippen LogP contribution is -2.01. The van der Waals surface area contributed by atoms with Gasteiger partial charge in [-0.1, -0.05) is 0 Å². The minimum absolute atomic E-state index is 0.124. The molecule has 0 amide bonds. The highest BCUT2D eigenvalue weighted by atomic mass is 127. The van der Waals surface area contributed by atoms with Crippen molar-refractivity contribution in [1.82, 2.24) is 15.2 Å². The summed E-state index contributed by atoms with van der Waals surface area (Å²) in [6, 6.07) is 2.78. The van der Waals surface area contributed by atoms with Gasteiger partial charge in [-0.15, -0.1) is 0 Å². The molecular weight excluding hydrogens is 343 g/mol. The molecule has 0 atom stereocenters. The summed E-state index contributed by atoms with van der Waals surface area (Å²) in [6.07, 6.45) is 2.77. The first-order chi connectivity index (χ1) is 8.16. The highest BCUT2D eigenvalue weighted by molar-refractivity contribution is 14.1. The molecule has 0 radical (unpaired) electrons. The first-order valence-electron chi connectivity index (χ1n) is 4.47. The number of hydrogen-bond acceptors (Lipinski definition) is 4. The van der Waals surface area contributed by atoms with E-state index in [2.05, 4.69) is 25.7 Å². The highest BCUT2D eigenvalue weighted by Gasteiger charge is 2.08. The summed E-state index contributed by atoms with van der Waals surface area (Å²) in [4.78, 5) is 3.07. The number of aromatic amines is 1. The van der Waals surface area contributed by atoms with E-state index in [1.54, 1.807) is 34.9 Å². The molecule has 2 N–H and O–H groups in total. The van der Waals surface area contributed by atoms with Gasteiger partial charge in [-0.25, -0.2) is 0 Å². The van der Waals surface area contributed by atoms with Crippen LogP contribution in [-0.4, -0.2) is 21.4 Å². The van der Waals surface area contributed by atoms with Crippen molar-refractivity contribution in [2.45, 2.75) is 0 Å². The van der Waals surface area contributed by atoms with Crippen LogP contribution < -0.4 is 5.43 Å². The van der Waals surface area contributed by atoms with Gasteiger partial charge in [0, 0.05) is 15.7 Å². The summed E-state index contributed by atoms with van der Waals surface area (Å²) in [6.45, 7) is 0. The molecule has 2 heterocycles. The Hall–Kier alpha value is -1.58. The van der Waals surface area contributed by atoms with Crippen molar-refractivity contribution in [2.24, 2.45) is 5.10 Å². The van der Waals surface area contributed by atoms with E-state index < -0.39 is 11.9 Å². The molecule has 2 aromatic rings. The van der Waals surface area contributed by atoms with Crippen LogP contribution in [0.3, 0.4) is 0 Å². The van der Waals surface area contributed by atoms with E-state index in [-0.39, 0.29) is 5.56 Å². The summed E-state index contributed by atoms with van der Waals surface area (Å²) in [5.41, 5.74) is 2.73. The zero-order chi connectivity index (χ0) is 12.3. The lowest BCUT2D eigenvalue weighted by Gasteiger charge is -2.00. The van der Waals surface area contributed by atoms with Crippen LogP contribution in [0, 0.1) is 15.5 Å². The second-order valence-corrected chi connectivity index (χ2v) is 4.13. The Labute approximate surface area is 108 Å². The minimum Gasteiger partial charge on any atom is -0.262 e. The van der Waals surface area contributed by atoms with Crippen LogP contribution in [0.4, 0.5) is 14.6 Å². The van der Waals surface area contributed by atoms with Gasteiger partial charge in [0.1, 0.15) is 5.82 Å². The molecule has 0 unspecified atom stereocenters. The summed E-state index contributed by atoms with van der Waals surface area (Å²) < 4.78 is 26.4. The van der Waals surface area contributed by atoms with Crippen molar-refractivity contribution in [3.05, 3.63) is 39.4 Å². The molecule has 0 spiro atoms. The van der Waals surface area contributed by atoms with E-state index in [0.717, 1.165) is 6.07 Å². The largest absolute Gasteiger partial charge is 0.262 e. The maximum absolute atomic E-state index is 13.3. The van der Waals surface area contributed by atoms with Gasteiger partial charge in [-0.2, -0.15) is 24.0 Å². The van der Waals surface area contributed by atoms with Crippen LogP contribution in [0.15, 0.2) is 23.4 Å². The predicted octanol–water partition coefficient (Wildman–Crippen LogP) is 2.13. The monoisotopic (exact) mass is 349 g/mol. The van der Waals surface area contributed by atoms with Crippen molar-refractivity contribution in [3.8, 4) is 0 Å². The molecule has 2 rings (SSSR count). The first-order valence-corrected chi connectivity index (χ1v) is 5.54. The van der Waals surface area contributed by atoms with Gasteiger partial charge in [0.25, 0.3) is 0 Å². The average Bonchev–Trinajstić information content (AvgIpc) is 2.74.